The van der Waals surface area contributed by atoms with E-state index in [2.05, 4.69) is 91.0 Å². The van der Waals surface area contributed by atoms with Crippen LogP contribution in [-0.4, -0.2) is 26.7 Å². The molecular formula is C24H28IO2P. The van der Waals surface area contributed by atoms with E-state index in [1.165, 1.54) is 15.9 Å². The molecule has 0 spiro atoms. The fourth-order valence-corrected chi connectivity index (χ4v) is 8.08. The quantitative estimate of drug-likeness (QED) is 0.248. The van der Waals surface area contributed by atoms with Crippen LogP contribution in [-0.2, 0) is 9.47 Å². The topological polar surface area (TPSA) is 18.5 Å². The zero-order valence-electron chi connectivity index (χ0n) is 16.5. The largest absolute Gasteiger partial charge is 1.00 e. The number of hydrogen-bond donors (Lipinski definition) is 0. The zero-order chi connectivity index (χ0) is 19.0. The predicted molar refractivity (Wildman–Crippen MR) is 117 cm³/mol. The maximum atomic E-state index is 5.42. The van der Waals surface area contributed by atoms with Crippen molar-refractivity contribution in [2.45, 2.75) is 19.1 Å². The molecule has 0 radical (unpaired) electrons. The van der Waals surface area contributed by atoms with Crippen LogP contribution in [0.25, 0.3) is 0 Å². The lowest BCUT2D eigenvalue weighted by Crippen LogP contribution is -3.00. The fraction of sp³-hybridized carbons (Fsp3) is 0.250. The van der Waals surface area contributed by atoms with Gasteiger partial charge in [-0.05, 0) is 42.8 Å². The summed E-state index contributed by atoms with van der Waals surface area (Å²) in [6.07, 6.45) is 2.88. The highest BCUT2D eigenvalue weighted by atomic mass is 127. The third-order valence-electron chi connectivity index (χ3n) is 5.05. The van der Waals surface area contributed by atoms with Crippen LogP contribution in [0.2, 0.25) is 0 Å². The highest BCUT2D eigenvalue weighted by Gasteiger charge is 2.44. The van der Waals surface area contributed by atoms with Gasteiger partial charge in [0.15, 0.2) is 6.29 Å². The minimum atomic E-state index is -1.74. The van der Waals surface area contributed by atoms with Crippen molar-refractivity contribution in [1.82, 2.24) is 0 Å². The highest BCUT2D eigenvalue weighted by molar-refractivity contribution is 7.95. The van der Waals surface area contributed by atoms with Gasteiger partial charge in [0.05, 0.1) is 6.16 Å². The van der Waals surface area contributed by atoms with E-state index in [1.807, 2.05) is 0 Å². The molecule has 148 valence electrons. The maximum absolute atomic E-state index is 5.42. The number of methoxy groups -OCH3 is 2. The minimum Gasteiger partial charge on any atom is -1.00 e. The van der Waals surface area contributed by atoms with Crippen LogP contribution in [0.15, 0.2) is 91.0 Å². The summed E-state index contributed by atoms with van der Waals surface area (Å²) in [4.78, 5) is 0. The van der Waals surface area contributed by atoms with Gasteiger partial charge >= 0.3 is 0 Å². The Morgan fingerprint density at radius 3 is 1.32 bits per heavy atom. The van der Waals surface area contributed by atoms with E-state index in [4.69, 9.17) is 9.47 Å². The number of hydrogen-bond acceptors (Lipinski definition) is 2. The van der Waals surface area contributed by atoms with Gasteiger partial charge in [0.2, 0.25) is 0 Å². The van der Waals surface area contributed by atoms with E-state index in [9.17, 15) is 0 Å². The molecule has 0 saturated heterocycles. The van der Waals surface area contributed by atoms with Gasteiger partial charge in [0.1, 0.15) is 23.2 Å². The Morgan fingerprint density at radius 1 is 0.643 bits per heavy atom. The van der Waals surface area contributed by atoms with Crippen molar-refractivity contribution in [2.24, 2.45) is 0 Å². The molecule has 0 aliphatic rings. The summed E-state index contributed by atoms with van der Waals surface area (Å²) in [6.45, 7) is 0. The second kappa shape index (κ2) is 11.7. The molecule has 3 aromatic carbocycles. The van der Waals surface area contributed by atoms with Crippen LogP contribution in [0.4, 0.5) is 0 Å². The fourth-order valence-electron chi connectivity index (χ4n) is 3.71. The molecule has 28 heavy (non-hydrogen) atoms. The summed E-state index contributed by atoms with van der Waals surface area (Å²) in [5.41, 5.74) is 0. The van der Waals surface area contributed by atoms with E-state index in [-0.39, 0.29) is 30.3 Å². The smallest absolute Gasteiger partial charge is 0.156 e. The van der Waals surface area contributed by atoms with Gasteiger partial charge in [-0.1, -0.05) is 54.6 Å². The average Bonchev–Trinajstić information content (AvgIpc) is 2.76. The maximum Gasteiger partial charge on any atom is 0.156 e. The van der Waals surface area contributed by atoms with Crippen LogP contribution in [0.1, 0.15) is 12.8 Å². The van der Waals surface area contributed by atoms with Crippen molar-refractivity contribution >= 4 is 23.2 Å². The van der Waals surface area contributed by atoms with Crippen molar-refractivity contribution < 1.29 is 33.5 Å². The van der Waals surface area contributed by atoms with Gasteiger partial charge in [-0.15, -0.1) is 0 Å². The molecule has 0 bridgehead atoms. The molecule has 0 heterocycles. The molecule has 0 aliphatic heterocycles. The van der Waals surface area contributed by atoms with E-state index in [0.29, 0.717) is 0 Å². The lowest BCUT2D eigenvalue weighted by atomic mass is 10.3. The van der Waals surface area contributed by atoms with E-state index < -0.39 is 7.26 Å². The predicted octanol–water partition coefficient (Wildman–Crippen LogP) is 1.38. The Kier molecular flexibility index (Phi) is 9.60. The SMILES string of the molecule is COC(CCC[P+](c1ccccc1)(c1ccccc1)c1ccccc1)OC.[I-]. The Bertz CT molecular complexity index is 696. The zero-order valence-corrected chi connectivity index (χ0v) is 19.6. The number of halogens is 1. The summed E-state index contributed by atoms with van der Waals surface area (Å²) in [5.74, 6) is 0. The molecule has 0 atom stereocenters. The molecule has 0 fully saturated rings. The number of benzene rings is 3. The van der Waals surface area contributed by atoms with Gasteiger partial charge < -0.3 is 33.5 Å². The van der Waals surface area contributed by atoms with Crippen molar-refractivity contribution in [3.63, 3.8) is 0 Å². The molecule has 3 aromatic rings. The first-order valence-electron chi connectivity index (χ1n) is 9.42. The molecule has 0 aliphatic carbocycles. The van der Waals surface area contributed by atoms with Crippen LogP contribution in [0.3, 0.4) is 0 Å². The number of ether oxygens (including phenoxy) is 2. The molecule has 0 aromatic heterocycles. The number of rotatable bonds is 9. The van der Waals surface area contributed by atoms with Gasteiger partial charge in [0, 0.05) is 20.6 Å². The summed E-state index contributed by atoms with van der Waals surface area (Å²) in [6, 6.07) is 33.0. The molecule has 0 unspecified atom stereocenters. The first-order valence-corrected chi connectivity index (χ1v) is 11.4. The highest BCUT2D eigenvalue weighted by Crippen LogP contribution is 2.55. The Hall–Kier alpha value is -1.26. The Morgan fingerprint density at radius 2 is 1.00 bits per heavy atom. The second-order valence-corrected chi connectivity index (χ2v) is 10.2. The van der Waals surface area contributed by atoms with Gasteiger partial charge in [-0.25, -0.2) is 0 Å². The van der Waals surface area contributed by atoms with Crippen LogP contribution < -0.4 is 39.9 Å². The summed E-state index contributed by atoms with van der Waals surface area (Å²) in [7, 11) is 1.68. The molecule has 0 N–H and O–H groups in total. The van der Waals surface area contributed by atoms with Gasteiger partial charge in [-0.3, -0.25) is 0 Å². The summed E-state index contributed by atoms with van der Waals surface area (Å²) < 4.78 is 10.8. The van der Waals surface area contributed by atoms with Crippen molar-refractivity contribution in [1.29, 1.82) is 0 Å². The third kappa shape index (κ3) is 5.21. The summed E-state index contributed by atoms with van der Waals surface area (Å²) >= 11 is 0. The molecule has 0 amide bonds. The van der Waals surface area contributed by atoms with Crippen molar-refractivity contribution in [3.8, 4) is 0 Å². The lowest BCUT2D eigenvalue weighted by molar-refractivity contribution is -0.106. The van der Waals surface area contributed by atoms with Crippen molar-refractivity contribution in [3.05, 3.63) is 91.0 Å². The lowest BCUT2D eigenvalue weighted by Gasteiger charge is -2.28. The van der Waals surface area contributed by atoms with Crippen LogP contribution in [0, 0.1) is 0 Å². The Balaban J connectivity index is 0.00000280. The minimum absolute atomic E-state index is 0. The van der Waals surface area contributed by atoms with Crippen LogP contribution in [0.5, 0.6) is 0 Å². The molecular weight excluding hydrogens is 478 g/mol. The molecule has 2 nitrogen and oxygen atoms in total. The van der Waals surface area contributed by atoms with E-state index >= 15 is 0 Å². The van der Waals surface area contributed by atoms with Gasteiger partial charge in [-0.2, -0.15) is 0 Å². The molecule has 0 saturated carbocycles. The van der Waals surface area contributed by atoms with Gasteiger partial charge in [0.25, 0.3) is 0 Å². The second-order valence-electron chi connectivity index (χ2n) is 6.58. The Labute approximate surface area is 186 Å². The first kappa shape index (κ1) is 23.0. The molecule has 4 heteroatoms. The molecule has 3 rings (SSSR count). The van der Waals surface area contributed by atoms with Crippen molar-refractivity contribution in [2.75, 3.05) is 20.4 Å². The normalized spacial score (nSPS) is 11.2. The first-order chi connectivity index (χ1) is 13.3. The van der Waals surface area contributed by atoms with E-state index in [1.54, 1.807) is 14.2 Å². The van der Waals surface area contributed by atoms with E-state index in [0.717, 1.165) is 19.0 Å². The van der Waals surface area contributed by atoms with Crippen LogP contribution >= 0.6 is 7.26 Å². The third-order valence-corrected chi connectivity index (χ3v) is 9.58. The standard InChI is InChI=1S/C24H28O2P.HI/c1-25-24(26-2)19-12-20-27(21-13-6-3-7-14-21,22-15-8-4-9-16-22)23-17-10-5-11-18-23;/h3-11,13-18,24H,12,19-20H2,1-2H3;1H/q+1;/p-1. The monoisotopic (exact) mass is 506 g/mol. The summed E-state index contributed by atoms with van der Waals surface area (Å²) in [5, 5.41) is 4.27. The average molecular weight is 506 g/mol.